The van der Waals surface area contributed by atoms with Crippen LogP contribution in [0.15, 0.2) is 42.4 Å². The van der Waals surface area contributed by atoms with Crippen molar-refractivity contribution in [1.29, 1.82) is 0 Å². The van der Waals surface area contributed by atoms with Crippen LogP contribution < -0.4 is 0 Å². The maximum absolute atomic E-state index is 4.64. The number of pyridine rings is 1. The summed E-state index contributed by atoms with van der Waals surface area (Å²) >= 11 is 1.53. The van der Waals surface area contributed by atoms with Crippen molar-refractivity contribution in [2.75, 3.05) is 0 Å². The van der Waals surface area contributed by atoms with Crippen LogP contribution in [-0.4, -0.2) is 29.1 Å². The minimum atomic E-state index is 0.0639. The van der Waals surface area contributed by atoms with Gasteiger partial charge in [-0.15, -0.1) is 0 Å². The maximum atomic E-state index is 4.64. The Hall–Kier alpha value is -2.54. The molecule has 0 aliphatic carbocycles. The van der Waals surface area contributed by atoms with Gasteiger partial charge in [0, 0.05) is 18.6 Å². The van der Waals surface area contributed by atoms with Crippen molar-refractivity contribution in [3.63, 3.8) is 0 Å². The summed E-state index contributed by atoms with van der Waals surface area (Å²) in [6.07, 6.45) is 8.63. The van der Waals surface area contributed by atoms with Crippen molar-refractivity contribution in [1.82, 2.24) is 29.1 Å². The van der Waals surface area contributed by atoms with E-state index < -0.39 is 0 Å². The number of nitrogens with zero attached hydrogens (tertiary/aromatic N) is 6. The number of fused-ring (bicyclic) bond motifs is 1. The van der Waals surface area contributed by atoms with Crippen molar-refractivity contribution in [3.8, 4) is 11.5 Å². The van der Waals surface area contributed by atoms with E-state index in [4.69, 9.17) is 0 Å². The largest absolute Gasteiger partial charge is 0.321 e. The Kier molecular flexibility index (Phi) is 3.42. The molecule has 0 N–H and O–H groups in total. The highest BCUT2D eigenvalue weighted by Gasteiger charge is 2.17. The smallest absolute Gasteiger partial charge is 0.212 e. The Bertz CT molecular complexity index is 904. The SMILES string of the molecule is CCc1ccc(-c2nccn2[C@H](C)c2cn3ncsc3n2)nc1. The van der Waals surface area contributed by atoms with Crippen LogP contribution in [0.5, 0.6) is 0 Å². The van der Waals surface area contributed by atoms with E-state index in [0.717, 1.165) is 28.6 Å². The molecule has 1 atom stereocenters. The quantitative estimate of drug-likeness (QED) is 0.578. The van der Waals surface area contributed by atoms with E-state index in [2.05, 4.69) is 44.5 Å². The highest BCUT2D eigenvalue weighted by molar-refractivity contribution is 7.14. The first-order valence-electron chi connectivity index (χ1n) is 7.53. The van der Waals surface area contributed by atoms with Crippen LogP contribution in [0.1, 0.15) is 31.1 Å². The van der Waals surface area contributed by atoms with Gasteiger partial charge in [-0.05, 0) is 25.0 Å². The molecule has 0 unspecified atom stereocenters. The summed E-state index contributed by atoms with van der Waals surface area (Å²) in [5.41, 5.74) is 4.85. The molecule has 7 heteroatoms. The lowest BCUT2D eigenvalue weighted by Crippen LogP contribution is -2.08. The van der Waals surface area contributed by atoms with Gasteiger partial charge in [0.25, 0.3) is 0 Å². The Balaban J connectivity index is 1.71. The highest BCUT2D eigenvalue weighted by atomic mass is 32.1. The normalized spacial score (nSPS) is 12.8. The van der Waals surface area contributed by atoms with Crippen LogP contribution in [-0.2, 0) is 6.42 Å². The second kappa shape index (κ2) is 5.58. The van der Waals surface area contributed by atoms with Gasteiger partial charge in [-0.2, -0.15) is 5.10 Å². The molecule has 0 fully saturated rings. The molecule has 0 aliphatic rings. The topological polar surface area (TPSA) is 60.9 Å². The van der Waals surface area contributed by atoms with Crippen molar-refractivity contribution < 1.29 is 0 Å². The molecule has 0 saturated carbocycles. The number of hydrogen-bond acceptors (Lipinski definition) is 5. The van der Waals surface area contributed by atoms with Crippen molar-refractivity contribution in [2.24, 2.45) is 0 Å². The van der Waals surface area contributed by atoms with Gasteiger partial charge in [-0.25, -0.2) is 14.5 Å². The van der Waals surface area contributed by atoms with Gasteiger partial charge in [0.2, 0.25) is 4.96 Å². The van der Waals surface area contributed by atoms with E-state index in [1.165, 1.54) is 16.9 Å². The molecule has 0 saturated heterocycles. The van der Waals surface area contributed by atoms with E-state index in [-0.39, 0.29) is 6.04 Å². The molecule has 0 radical (unpaired) electrons. The summed E-state index contributed by atoms with van der Waals surface area (Å²) in [5.74, 6) is 0.851. The van der Waals surface area contributed by atoms with Gasteiger partial charge in [-0.3, -0.25) is 4.98 Å². The van der Waals surface area contributed by atoms with Crippen LogP contribution in [0.4, 0.5) is 0 Å². The van der Waals surface area contributed by atoms with Crippen molar-refractivity contribution >= 4 is 16.3 Å². The summed E-state index contributed by atoms with van der Waals surface area (Å²) < 4.78 is 3.90. The zero-order valence-electron chi connectivity index (χ0n) is 12.9. The van der Waals surface area contributed by atoms with Gasteiger partial charge < -0.3 is 4.57 Å². The third kappa shape index (κ3) is 2.43. The summed E-state index contributed by atoms with van der Waals surface area (Å²) in [6, 6.07) is 4.19. The number of imidazole rings is 2. The van der Waals surface area contributed by atoms with Crippen LogP contribution in [0.3, 0.4) is 0 Å². The monoisotopic (exact) mass is 324 g/mol. The minimum Gasteiger partial charge on any atom is -0.321 e. The first-order valence-corrected chi connectivity index (χ1v) is 8.41. The number of rotatable bonds is 4. The van der Waals surface area contributed by atoms with Gasteiger partial charge in [-0.1, -0.05) is 24.3 Å². The Labute approximate surface area is 137 Å². The van der Waals surface area contributed by atoms with Gasteiger partial charge >= 0.3 is 0 Å². The fraction of sp³-hybridized carbons (Fsp3) is 0.250. The predicted molar refractivity (Wildman–Crippen MR) is 89.5 cm³/mol. The molecule has 4 heterocycles. The molecule has 0 aliphatic heterocycles. The third-order valence-electron chi connectivity index (χ3n) is 3.98. The molecule has 0 spiro atoms. The molecule has 6 nitrogen and oxygen atoms in total. The number of hydrogen-bond donors (Lipinski definition) is 0. The van der Waals surface area contributed by atoms with Gasteiger partial charge in [0.15, 0.2) is 5.82 Å². The predicted octanol–water partition coefficient (Wildman–Crippen LogP) is 3.22. The average Bonchev–Trinajstić information content (AvgIpc) is 3.29. The molecule has 4 rings (SSSR count). The lowest BCUT2D eigenvalue weighted by atomic mass is 10.2. The Morgan fingerprint density at radius 1 is 1.26 bits per heavy atom. The van der Waals surface area contributed by atoms with E-state index in [1.807, 2.05) is 24.7 Å². The number of aromatic nitrogens is 6. The molecule has 23 heavy (non-hydrogen) atoms. The Morgan fingerprint density at radius 3 is 2.91 bits per heavy atom. The molecule has 4 aromatic rings. The summed E-state index contributed by atoms with van der Waals surface area (Å²) in [4.78, 5) is 14.6. The second-order valence-corrected chi connectivity index (χ2v) is 6.18. The van der Waals surface area contributed by atoms with Crippen LogP contribution >= 0.6 is 11.3 Å². The second-order valence-electron chi connectivity index (χ2n) is 5.37. The molecule has 0 bridgehead atoms. The van der Waals surface area contributed by atoms with Crippen LogP contribution in [0, 0.1) is 0 Å². The minimum absolute atomic E-state index is 0.0639. The van der Waals surface area contributed by atoms with E-state index >= 15 is 0 Å². The number of aryl methyl sites for hydroxylation is 1. The Morgan fingerprint density at radius 2 is 2.17 bits per heavy atom. The fourth-order valence-electron chi connectivity index (χ4n) is 2.59. The third-order valence-corrected chi connectivity index (χ3v) is 4.67. The lowest BCUT2D eigenvalue weighted by Gasteiger charge is -2.14. The molecular weight excluding hydrogens is 308 g/mol. The first-order chi connectivity index (χ1) is 11.3. The molecule has 0 amide bonds. The molecule has 0 aromatic carbocycles. The molecule has 4 aromatic heterocycles. The molecule has 116 valence electrons. The highest BCUT2D eigenvalue weighted by Crippen LogP contribution is 2.24. The maximum Gasteiger partial charge on any atom is 0.212 e. The fourth-order valence-corrected chi connectivity index (χ4v) is 3.20. The van der Waals surface area contributed by atoms with Crippen LogP contribution in [0.2, 0.25) is 0 Å². The van der Waals surface area contributed by atoms with Gasteiger partial charge in [0.05, 0.1) is 17.9 Å². The zero-order chi connectivity index (χ0) is 15.8. The molecular formula is C16H16N6S. The van der Waals surface area contributed by atoms with E-state index in [0.29, 0.717) is 0 Å². The average molecular weight is 324 g/mol. The van der Waals surface area contributed by atoms with Crippen molar-refractivity contribution in [2.45, 2.75) is 26.3 Å². The standard InChI is InChI=1S/C16H16N6S/c1-3-12-4-5-13(18-8-12)15-17-6-7-21(15)11(2)14-9-22-16(20-14)23-10-19-22/h4-11H,3H2,1-2H3/t11-/m1/s1. The first kappa shape index (κ1) is 14.1. The lowest BCUT2D eigenvalue weighted by molar-refractivity contribution is 0.629. The van der Waals surface area contributed by atoms with Crippen molar-refractivity contribution in [3.05, 3.63) is 53.7 Å². The summed E-state index contributed by atoms with van der Waals surface area (Å²) in [6.45, 7) is 4.23. The van der Waals surface area contributed by atoms with Gasteiger partial charge in [0.1, 0.15) is 11.2 Å². The zero-order valence-corrected chi connectivity index (χ0v) is 13.7. The summed E-state index contributed by atoms with van der Waals surface area (Å²) in [7, 11) is 0. The van der Waals surface area contributed by atoms with E-state index in [9.17, 15) is 0 Å². The van der Waals surface area contributed by atoms with E-state index in [1.54, 1.807) is 16.2 Å². The summed E-state index contributed by atoms with van der Waals surface area (Å²) in [5, 5.41) is 4.24. The van der Waals surface area contributed by atoms with Crippen LogP contribution in [0.25, 0.3) is 16.5 Å².